The van der Waals surface area contributed by atoms with Gasteiger partial charge in [-0.15, -0.1) is 16.5 Å². The first-order valence-electron chi connectivity index (χ1n) is 4.22. The van der Waals surface area contributed by atoms with Gasteiger partial charge in [0.1, 0.15) is 0 Å². The van der Waals surface area contributed by atoms with Crippen molar-refractivity contribution in [3.63, 3.8) is 0 Å². The van der Waals surface area contributed by atoms with Crippen LogP contribution in [0, 0.1) is 0 Å². The molecule has 0 aromatic rings. The lowest BCUT2D eigenvalue weighted by Gasteiger charge is -2.10. The zero-order valence-corrected chi connectivity index (χ0v) is 8.56. The highest BCUT2D eigenvalue weighted by atomic mass is 32.1. The fraction of sp³-hybridized carbons (Fsp3) is 0.875. The van der Waals surface area contributed by atoms with Gasteiger partial charge in [0.05, 0.1) is 0 Å². The zero-order chi connectivity index (χ0) is 8.53. The Balaban J connectivity index is 3.68. The van der Waals surface area contributed by atoms with Crippen LogP contribution in [-0.2, 0) is 0 Å². The van der Waals surface area contributed by atoms with Crippen molar-refractivity contribution in [3.05, 3.63) is 0 Å². The van der Waals surface area contributed by atoms with Gasteiger partial charge in [0.2, 0.25) is 0 Å². The molecule has 0 rings (SSSR count). The summed E-state index contributed by atoms with van der Waals surface area (Å²) in [5, 5.41) is 9.18. The summed E-state index contributed by atoms with van der Waals surface area (Å²) in [5.74, 6) is 1.17. The van der Waals surface area contributed by atoms with Crippen LogP contribution in [0.3, 0.4) is 0 Å². The summed E-state index contributed by atoms with van der Waals surface area (Å²) in [6, 6.07) is 0. The van der Waals surface area contributed by atoms with Crippen LogP contribution in [-0.4, -0.2) is 29.0 Å². The summed E-state index contributed by atoms with van der Waals surface area (Å²) >= 11 is 1.21. The Kier molecular flexibility index (Phi) is 7.64. The van der Waals surface area contributed by atoms with Crippen molar-refractivity contribution in [3.8, 4) is 0 Å². The lowest BCUT2D eigenvalue weighted by molar-refractivity contribution is 0.324. The van der Waals surface area contributed by atoms with Crippen molar-refractivity contribution >= 4 is 16.5 Å². The molecule has 0 spiro atoms. The first kappa shape index (κ1) is 10.7. The van der Waals surface area contributed by atoms with Gasteiger partial charge in [0.15, 0.2) is 0 Å². The van der Waals surface area contributed by atoms with E-state index in [0.29, 0.717) is 0 Å². The van der Waals surface area contributed by atoms with E-state index < -0.39 is 0 Å². The molecule has 0 heterocycles. The SMILES string of the molecule is CCC[SH]=C=NN(CC)CC. The summed E-state index contributed by atoms with van der Waals surface area (Å²) < 4.78 is 0. The van der Waals surface area contributed by atoms with E-state index in [9.17, 15) is 0 Å². The zero-order valence-electron chi connectivity index (χ0n) is 7.67. The Hall–Kier alpha value is -0.270. The molecule has 0 N–H and O–H groups in total. The van der Waals surface area contributed by atoms with Crippen LogP contribution in [0.25, 0.3) is 0 Å². The molecule has 0 amide bonds. The fourth-order valence-corrected chi connectivity index (χ4v) is 1.14. The number of thiol groups is 1. The van der Waals surface area contributed by atoms with Gasteiger partial charge in [-0.05, 0) is 26.0 Å². The number of rotatable bonds is 5. The van der Waals surface area contributed by atoms with Gasteiger partial charge in [-0.1, -0.05) is 6.92 Å². The molecule has 2 nitrogen and oxygen atoms in total. The molecule has 0 aliphatic carbocycles. The van der Waals surface area contributed by atoms with Gasteiger partial charge in [0, 0.05) is 18.3 Å². The first-order chi connectivity index (χ1) is 5.35. The van der Waals surface area contributed by atoms with Crippen LogP contribution >= 0.6 is 11.4 Å². The minimum Gasteiger partial charge on any atom is -0.289 e. The molecule has 0 aromatic carbocycles. The summed E-state index contributed by atoms with van der Waals surface area (Å²) in [6.07, 6.45) is 1.21. The number of hydrogen-bond acceptors (Lipinski definition) is 2. The molecule has 3 heteroatoms. The maximum atomic E-state index is 4.17. The number of hydrogen-bond donors (Lipinski definition) is 1. The minimum absolute atomic E-state index is 0.977. The number of nitrogens with zero attached hydrogens (tertiary/aromatic N) is 2. The molecule has 0 radical (unpaired) electrons. The molecule has 0 unspecified atom stereocenters. The van der Waals surface area contributed by atoms with E-state index in [0.717, 1.165) is 13.1 Å². The Morgan fingerprint density at radius 3 is 2.36 bits per heavy atom. The summed E-state index contributed by atoms with van der Waals surface area (Å²) in [4.78, 5) is 0. The highest BCUT2D eigenvalue weighted by Crippen LogP contribution is 1.88. The van der Waals surface area contributed by atoms with E-state index in [2.05, 4.69) is 31.0 Å². The summed E-state index contributed by atoms with van der Waals surface area (Å²) in [5.41, 5.74) is 0. The average molecular weight is 174 g/mol. The molecule has 66 valence electrons. The maximum absolute atomic E-state index is 4.17. The van der Waals surface area contributed by atoms with Gasteiger partial charge < -0.3 is 0 Å². The van der Waals surface area contributed by atoms with Crippen molar-refractivity contribution in [2.75, 3.05) is 18.8 Å². The molecule has 0 saturated heterocycles. The molecule has 0 fully saturated rings. The Bertz CT molecular complexity index is 135. The third-order valence-electron chi connectivity index (χ3n) is 1.32. The molecule has 0 aromatic heterocycles. The van der Waals surface area contributed by atoms with Crippen LogP contribution in [0.5, 0.6) is 0 Å². The quantitative estimate of drug-likeness (QED) is 0.292. The highest BCUT2D eigenvalue weighted by molar-refractivity contribution is 7.96. The largest absolute Gasteiger partial charge is 0.289 e. The second-order valence-electron chi connectivity index (χ2n) is 2.22. The van der Waals surface area contributed by atoms with Crippen LogP contribution in [0.15, 0.2) is 5.10 Å². The standard InChI is InChI=1S/C8H18N2S/c1-4-7-11-8-9-10(5-2)6-3/h11H,4-7H2,1-3H3. The Morgan fingerprint density at radius 1 is 1.27 bits per heavy atom. The third kappa shape index (κ3) is 6.14. The predicted molar refractivity (Wildman–Crippen MR) is 54.5 cm³/mol. The highest BCUT2D eigenvalue weighted by Gasteiger charge is 1.87. The van der Waals surface area contributed by atoms with Crippen LogP contribution < -0.4 is 0 Å². The van der Waals surface area contributed by atoms with E-state index in [1.165, 1.54) is 23.5 Å². The Labute approximate surface area is 73.2 Å². The van der Waals surface area contributed by atoms with Crippen molar-refractivity contribution in [1.82, 2.24) is 5.01 Å². The molecule has 11 heavy (non-hydrogen) atoms. The summed E-state index contributed by atoms with van der Waals surface area (Å²) in [7, 11) is 0. The molecule has 0 aliphatic rings. The van der Waals surface area contributed by atoms with Crippen molar-refractivity contribution in [2.45, 2.75) is 27.2 Å². The predicted octanol–water partition coefficient (Wildman–Crippen LogP) is 2.02. The fourth-order valence-electron chi connectivity index (χ4n) is 0.622. The van der Waals surface area contributed by atoms with Gasteiger partial charge in [0.25, 0.3) is 0 Å². The van der Waals surface area contributed by atoms with Gasteiger partial charge in [-0.3, -0.25) is 5.01 Å². The number of isothiocyanates is 1. The molecule has 0 aliphatic heterocycles. The minimum atomic E-state index is 0.977. The van der Waals surface area contributed by atoms with E-state index in [1.54, 1.807) is 0 Å². The molecular weight excluding hydrogens is 156 g/mol. The van der Waals surface area contributed by atoms with E-state index in [-0.39, 0.29) is 0 Å². The summed E-state index contributed by atoms with van der Waals surface area (Å²) in [6.45, 7) is 8.33. The normalized spacial score (nSPS) is 9.00. The van der Waals surface area contributed by atoms with Crippen molar-refractivity contribution < 1.29 is 0 Å². The van der Waals surface area contributed by atoms with Gasteiger partial charge in [-0.2, -0.15) is 0 Å². The molecule has 0 atom stereocenters. The van der Waals surface area contributed by atoms with Crippen LogP contribution in [0.1, 0.15) is 27.2 Å². The maximum Gasteiger partial charge on any atom is 0.0355 e. The third-order valence-corrected chi connectivity index (χ3v) is 2.22. The smallest absolute Gasteiger partial charge is 0.0355 e. The first-order valence-corrected chi connectivity index (χ1v) is 5.30. The number of hydrazone groups is 1. The van der Waals surface area contributed by atoms with Crippen LogP contribution in [0.2, 0.25) is 0 Å². The van der Waals surface area contributed by atoms with Gasteiger partial charge >= 0.3 is 0 Å². The molecular formula is C8H18N2S. The van der Waals surface area contributed by atoms with E-state index in [4.69, 9.17) is 0 Å². The monoisotopic (exact) mass is 174 g/mol. The Morgan fingerprint density at radius 2 is 1.91 bits per heavy atom. The van der Waals surface area contributed by atoms with Crippen molar-refractivity contribution in [1.29, 1.82) is 0 Å². The topological polar surface area (TPSA) is 15.6 Å². The van der Waals surface area contributed by atoms with E-state index in [1.807, 2.05) is 5.01 Å². The second-order valence-corrected chi connectivity index (χ2v) is 3.18. The van der Waals surface area contributed by atoms with E-state index >= 15 is 0 Å². The average Bonchev–Trinajstić information content (AvgIpc) is 2.05. The van der Waals surface area contributed by atoms with Crippen molar-refractivity contribution in [2.24, 2.45) is 5.10 Å². The van der Waals surface area contributed by atoms with Gasteiger partial charge in [-0.25, -0.2) is 0 Å². The van der Waals surface area contributed by atoms with Crippen LogP contribution in [0.4, 0.5) is 0 Å². The lowest BCUT2D eigenvalue weighted by atomic mass is 10.6. The lowest BCUT2D eigenvalue weighted by Crippen LogP contribution is -2.14. The second kappa shape index (κ2) is 7.83. The molecule has 0 bridgehead atoms. The molecule has 0 saturated carbocycles.